The molecule has 0 unspecified atom stereocenters. The summed E-state index contributed by atoms with van der Waals surface area (Å²) < 4.78 is 11.0. The highest BCUT2D eigenvalue weighted by molar-refractivity contribution is 5.75. The molecular formula is C27H31N3O5. The third-order valence-corrected chi connectivity index (χ3v) is 6.41. The Hall–Kier alpha value is -3.65. The Morgan fingerprint density at radius 1 is 1.20 bits per heavy atom. The molecule has 8 heteroatoms. The number of carboxylic acid groups (broad SMARTS) is 1. The number of aromatic hydroxyl groups is 1. The maximum Gasteiger partial charge on any atom is 0.310 e. The maximum atomic E-state index is 11.8. The predicted molar refractivity (Wildman–Crippen MR) is 132 cm³/mol. The van der Waals surface area contributed by atoms with Gasteiger partial charge in [0, 0.05) is 17.7 Å². The molecule has 0 atom stereocenters. The average molecular weight is 478 g/mol. The summed E-state index contributed by atoms with van der Waals surface area (Å²) in [5.41, 5.74) is 1.88. The van der Waals surface area contributed by atoms with Gasteiger partial charge in [-0.1, -0.05) is 35.5 Å². The van der Waals surface area contributed by atoms with Gasteiger partial charge in [-0.2, -0.15) is 4.98 Å². The van der Waals surface area contributed by atoms with Crippen LogP contribution in [0.5, 0.6) is 11.5 Å². The zero-order valence-corrected chi connectivity index (χ0v) is 20.1. The molecule has 1 aliphatic heterocycles. The van der Waals surface area contributed by atoms with Crippen molar-refractivity contribution in [3.63, 3.8) is 0 Å². The van der Waals surface area contributed by atoms with Crippen LogP contribution >= 0.6 is 0 Å². The van der Waals surface area contributed by atoms with Gasteiger partial charge in [-0.25, -0.2) is 0 Å². The van der Waals surface area contributed by atoms with E-state index >= 15 is 0 Å². The number of likely N-dealkylation sites (tertiary alicyclic amines) is 1. The molecule has 2 heterocycles. The second-order valence-electron chi connectivity index (χ2n) is 9.32. The molecule has 0 bridgehead atoms. The first-order valence-electron chi connectivity index (χ1n) is 11.8. The lowest BCUT2D eigenvalue weighted by atomic mass is 9.75. The van der Waals surface area contributed by atoms with E-state index in [4.69, 9.17) is 9.26 Å². The zero-order valence-electron chi connectivity index (χ0n) is 20.1. The van der Waals surface area contributed by atoms with Crippen LogP contribution < -0.4 is 4.74 Å². The molecule has 1 aliphatic rings. The minimum Gasteiger partial charge on any atom is -0.504 e. The number of aromatic nitrogens is 2. The lowest BCUT2D eigenvalue weighted by Crippen LogP contribution is -2.43. The van der Waals surface area contributed by atoms with E-state index in [9.17, 15) is 15.0 Å². The first kappa shape index (κ1) is 24.5. The van der Waals surface area contributed by atoms with Crippen LogP contribution in [0, 0.1) is 5.41 Å². The van der Waals surface area contributed by atoms with E-state index in [-0.39, 0.29) is 11.9 Å². The summed E-state index contributed by atoms with van der Waals surface area (Å²) in [7, 11) is 0. The number of phenols is 1. The number of nitrogens with zero attached hydrogens (tertiary/aromatic N) is 3. The SMILES string of the molecule is C=CCC1(C(=O)O)CCN(Cc2ccc(-c3noc(-c4ccc(OC(C)C)c(O)c4)n3)cc2)CC1. The number of ether oxygens (including phenoxy) is 1. The van der Waals surface area contributed by atoms with Crippen molar-refractivity contribution in [2.24, 2.45) is 5.41 Å². The van der Waals surface area contributed by atoms with Crippen LogP contribution in [-0.2, 0) is 11.3 Å². The standard InChI is InChI=1S/C27H31N3O5/c1-4-11-27(26(32)33)12-14-30(15-13-27)17-19-5-7-20(8-6-19)24-28-25(35-29-24)21-9-10-23(22(31)16-21)34-18(2)3/h4-10,16,18,31H,1,11-15,17H2,2-3H3,(H,32,33). The van der Waals surface area contributed by atoms with E-state index < -0.39 is 11.4 Å². The minimum atomic E-state index is -0.726. The molecule has 0 amide bonds. The molecular weight excluding hydrogens is 446 g/mol. The number of aliphatic carboxylic acids is 1. The van der Waals surface area contributed by atoms with E-state index in [1.165, 1.54) is 0 Å². The van der Waals surface area contributed by atoms with Gasteiger partial charge < -0.3 is 19.5 Å². The first-order valence-corrected chi connectivity index (χ1v) is 11.8. The Balaban J connectivity index is 1.39. The van der Waals surface area contributed by atoms with Crippen LogP contribution in [0.4, 0.5) is 0 Å². The molecule has 1 fully saturated rings. The van der Waals surface area contributed by atoms with E-state index in [1.54, 1.807) is 24.3 Å². The third-order valence-electron chi connectivity index (χ3n) is 6.41. The lowest BCUT2D eigenvalue weighted by molar-refractivity contribution is -0.152. The van der Waals surface area contributed by atoms with Crippen LogP contribution in [-0.4, -0.2) is 50.4 Å². The Labute approximate surface area is 204 Å². The summed E-state index contributed by atoms with van der Waals surface area (Å²) in [6.07, 6.45) is 3.42. The van der Waals surface area contributed by atoms with E-state index in [1.807, 2.05) is 38.1 Å². The van der Waals surface area contributed by atoms with Crippen molar-refractivity contribution >= 4 is 5.97 Å². The van der Waals surface area contributed by atoms with Crippen LogP contribution in [0.1, 0.15) is 38.7 Å². The monoisotopic (exact) mass is 477 g/mol. The van der Waals surface area contributed by atoms with E-state index in [2.05, 4.69) is 21.6 Å². The van der Waals surface area contributed by atoms with Gasteiger partial charge in [0.1, 0.15) is 0 Å². The zero-order chi connectivity index (χ0) is 25.0. The van der Waals surface area contributed by atoms with Crippen LogP contribution in [0.25, 0.3) is 22.8 Å². The quantitative estimate of drug-likeness (QED) is 0.408. The highest BCUT2D eigenvalue weighted by Gasteiger charge is 2.40. The number of piperidine rings is 1. The smallest absolute Gasteiger partial charge is 0.310 e. The summed E-state index contributed by atoms with van der Waals surface area (Å²) in [5, 5.41) is 24.0. The molecule has 2 aromatic carbocycles. The molecule has 3 aromatic rings. The van der Waals surface area contributed by atoms with Gasteiger partial charge in [0.05, 0.1) is 11.5 Å². The average Bonchev–Trinajstić information content (AvgIpc) is 3.32. The number of carbonyl (C=O) groups is 1. The first-order chi connectivity index (χ1) is 16.8. The Bertz CT molecular complexity index is 1180. The second kappa shape index (κ2) is 10.3. The van der Waals surface area contributed by atoms with Gasteiger partial charge in [0.25, 0.3) is 5.89 Å². The number of hydrogen-bond donors (Lipinski definition) is 2. The number of rotatable bonds is 9. The van der Waals surface area contributed by atoms with Gasteiger partial charge in [-0.15, -0.1) is 6.58 Å². The number of allylic oxidation sites excluding steroid dienone is 1. The van der Waals surface area contributed by atoms with Crippen LogP contribution in [0.3, 0.4) is 0 Å². The lowest BCUT2D eigenvalue weighted by Gasteiger charge is -2.38. The van der Waals surface area contributed by atoms with Gasteiger partial charge in [0.15, 0.2) is 11.5 Å². The van der Waals surface area contributed by atoms with Crippen LogP contribution in [0.2, 0.25) is 0 Å². The van der Waals surface area contributed by atoms with Crippen LogP contribution in [0.15, 0.2) is 59.6 Å². The van der Waals surface area contributed by atoms with Crippen molar-refractivity contribution in [1.82, 2.24) is 15.0 Å². The number of carboxylic acids is 1. The van der Waals surface area contributed by atoms with E-state index in [0.29, 0.717) is 42.3 Å². The number of hydrogen-bond acceptors (Lipinski definition) is 7. The van der Waals surface area contributed by atoms with Crippen molar-refractivity contribution in [1.29, 1.82) is 0 Å². The highest BCUT2D eigenvalue weighted by atomic mass is 16.5. The molecule has 2 N–H and O–H groups in total. The predicted octanol–water partition coefficient (Wildman–Crippen LogP) is 5.14. The summed E-state index contributed by atoms with van der Waals surface area (Å²) in [6, 6.07) is 12.9. The van der Waals surface area contributed by atoms with Crippen molar-refractivity contribution in [3.05, 3.63) is 60.7 Å². The Morgan fingerprint density at radius 2 is 1.89 bits per heavy atom. The second-order valence-corrected chi connectivity index (χ2v) is 9.32. The van der Waals surface area contributed by atoms with Gasteiger partial charge >= 0.3 is 5.97 Å². The summed E-state index contributed by atoms with van der Waals surface area (Å²) >= 11 is 0. The van der Waals surface area contributed by atoms with Crippen molar-refractivity contribution < 1.29 is 24.3 Å². The molecule has 0 saturated carbocycles. The Kier molecular flexibility index (Phi) is 7.21. The minimum absolute atomic E-state index is 0.0168. The van der Waals surface area contributed by atoms with E-state index in [0.717, 1.165) is 30.8 Å². The largest absolute Gasteiger partial charge is 0.504 e. The molecule has 0 spiro atoms. The molecule has 1 aromatic heterocycles. The summed E-state index contributed by atoms with van der Waals surface area (Å²) in [5.74, 6) is 0.466. The molecule has 0 aliphatic carbocycles. The summed E-state index contributed by atoms with van der Waals surface area (Å²) in [4.78, 5) is 18.5. The topological polar surface area (TPSA) is 109 Å². The fourth-order valence-corrected chi connectivity index (χ4v) is 4.40. The fraction of sp³-hybridized carbons (Fsp3) is 0.370. The molecule has 1 saturated heterocycles. The molecule has 0 radical (unpaired) electrons. The van der Waals surface area contributed by atoms with Crippen molar-refractivity contribution in [2.75, 3.05) is 13.1 Å². The maximum absolute atomic E-state index is 11.8. The highest BCUT2D eigenvalue weighted by Crippen LogP contribution is 2.36. The normalized spacial score (nSPS) is 15.7. The molecule has 4 rings (SSSR count). The molecule has 184 valence electrons. The summed E-state index contributed by atoms with van der Waals surface area (Å²) in [6.45, 7) is 9.75. The fourth-order valence-electron chi connectivity index (χ4n) is 4.40. The van der Waals surface area contributed by atoms with Gasteiger partial charge in [-0.05, 0) is 70.0 Å². The van der Waals surface area contributed by atoms with Gasteiger partial charge in [-0.3, -0.25) is 9.69 Å². The molecule has 35 heavy (non-hydrogen) atoms. The third kappa shape index (κ3) is 5.54. The number of benzene rings is 2. The number of phenolic OH excluding ortho intramolecular Hbond substituents is 1. The van der Waals surface area contributed by atoms with Crippen molar-refractivity contribution in [3.8, 4) is 34.3 Å². The van der Waals surface area contributed by atoms with Gasteiger partial charge in [0.2, 0.25) is 5.82 Å². The van der Waals surface area contributed by atoms with Crippen molar-refractivity contribution in [2.45, 2.75) is 45.8 Å². The Morgan fingerprint density at radius 3 is 2.49 bits per heavy atom. The molecule has 8 nitrogen and oxygen atoms in total.